The van der Waals surface area contributed by atoms with Crippen molar-refractivity contribution >= 4 is 12.1 Å². The molecule has 2 aliphatic rings. The lowest BCUT2D eigenvalue weighted by molar-refractivity contribution is -0.145. The number of aliphatic carboxylic acids is 1. The summed E-state index contributed by atoms with van der Waals surface area (Å²) in [5.74, 6) is -0.945. The maximum atomic E-state index is 11.5. The van der Waals surface area contributed by atoms with E-state index < -0.39 is 24.1 Å². The maximum Gasteiger partial charge on any atom is 0.407 e. The van der Waals surface area contributed by atoms with Crippen LogP contribution in [-0.2, 0) is 11.3 Å². The van der Waals surface area contributed by atoms with Crippen molar-refractivity contribution < 1.29 is 19.8 Å². The third-order valence-corrected chi connectivity index (χ3v) is 4.22. The number of piperazine rings is 1. The molecule has 1 aromatic carbocycles. The number of benzene rings is 1. The summed E-state index contributed by atoms with van der Waals surface area (Å²) < 4.78 is 0. The number of nitrogens with zero attached hydrogens (tertiary/aromatic N) is 2. The van der Waals surface area contributed by atoms with Gasteiger partial charge in [0.1, 0.15) is 6.04 Å². The predicted molar refractivity (Wildman–Crippen MR) is 70.3 cm³/mol. The summed E-state index contributed by atoms with van der Waals surface area (Å²) in [5, 5.41) is 18.5. The van der Waals surface area contributed by atoms with Gasteiger partial charge in [0, 0.05) is 19.1 Å². The number of amides is 1. The second-order valence-electron chi connectivity index (χ2n) is 5.33. The molecule has 2 unspecified atom stereocenters. The van der Waals surface area contributed by atoms with E-state index in [0.717, 1.165) is 5.56 Å². The van der Waals surface area contributed by atoms with E-state index in [2.05, 4.69) is 0 Å². The smallest absolute Gasteiger partial charge is 0.407 e. The van der Waals surface area contributed by atoms with E-state index in [1.54, 1.807) is 0 Å². The van der Waals surface area contributed by atoms with Crippen LogP contribution in [0.25, 0.3) is 0 Å². The summed E-state index contributed by atoms with van der Waals surface area (Å²) in [6.45, 7) is 0.947. The number of carboxylic acid groups (broad SMARTS) is 2. The zero-order valence-electron chi connectivity index (χ0n) is 10.8. The first kappa shape index (κ1) is 12.9. The van der Waals surface area contributed by atoms with Crippen molar-refractivity contribution in [1.29, 1.82) is 0 Å². The second kappa shape index (κ2) is 4.79. The van der Waals surface area contributed by atoms with Gasteiger partial charge in [0.2, 0.25) is 0 Å². The first-order chi connectivity index (χ1) is 9.58. The van der Waals surface area contributed by atoms with E-state index in [1.165, 1.54) is 4.90 Å². The van der Waals surface area contributed by atoms with Gasteiger partial charge in [-0.05, 0) is 12.0 Å². The minimum absolute atomic E-state index is 0.00240. The van der Waals surface area contributed by atoms with Crippen LogP contribution in [-0.4, -0.2) is 56.7 Å². The Bertz CT molecular complexity index is 533. The summed E-state index contributed by atoms with van der Waals surface area (Å²) in [7, 11) is 0. The van der Waals surface area contributed by atoms with Crippen molar-refractivity contribution in [2.75, 3.05) is 6.54 Å². The second-order valence-corrected chi connectivity index (χ2v) is 5.33. The van der Waals surface area contributed by atoms with Gasteiger partial charge in [-0.2, -0.15) is 0 Å². The molecule has 2 bridgehead atoms. The molecule has 0 aliphatic carbocycles. The minimum atomic E-state index is -1.02. The molecule has 2 aliphatic heterocycles. The van der Waals surface area contributed by atoms with Crippen molar-refractivity contribution in [2.45, 2.75) is 31.1 Å². The molecule has 2 N–H and O–H groups in total. The number of carboxylic acids is 1. The molecule has 3 atom stereocenters. The number of hydrogen-bond donors (Lipinski definition) is 2. The number of fused-ring (bicyclic) bond motifs is 2. The molecule has 106 valence electrons. The van der Waals surface area contributed by atoms with Crippen LogP contribution in [0.2, 0.25) is 0 Å². The molecule has 6 nitrogen and oxygen atoms in total. The molecule has 0 saturated carbocycles. The van der Waals surface area contributed by atoms with Crippen LogP contribution in [0.3, 0.4) is 0 Å². The standard InChI is InChI=1S/C14H16N2O4/c17-13(18)12-11-6-10(8-16(11)14(19)20)15(12)7-9-4-2-1-3-5-9/h1-5,10-12H,6-8H2,(H,17,18)(H,19,20)/t10?,11-,12?/m0/s1. The van der Waals surface area contributed by atoms with Crippen molar-refractivity contribution in [1.82, 2.24) is 9.80 Å². The van der Waals surface area contributed by atoms with Gasteiger partial charge in [-0.1, -0.05) is 30.3 Å². The maximum absolute atomic E-state index is 11.5. The first-order valence-electron chi connectivity index (χ1n) is 6.60. The highest BCUT2D eigenvalue weighted by atomic mass is 16.4. The summed E-state index contributed by atoms with van der Waals surface area (Å²) in [6, 6.07) is 8.49. The molecular weight excluding hydrogens is 260 g/mol. The molecule has 3 rings (SSSR count). The molecular formula is C14H16N2O4. The van der Waals surface area contributed by atoms with Gasteiger partial charge in [-0.25, -0.2) is 4.79 Å². The monoisotopic (exact) mass is 276 g/mol. The fraction of sp³-hybridized carbons (Fsp3) is 0.429. The number of carbonyl (C=O) groups is 2. The van der Waals surface area contributed by atoms with Crippen LogP contribution in [0, 0.1) is 0 Å². The normalized spacial score (nSPS) is 28.8. The van der Waals surface area contributed by atoms with Gasteiger partial charge in [-0.15, -0.1) is 0 Å². The van der Waals surface area contributed by atoms with Gasteiger partial charge in [0.05, 0.1) is 6.04 Å². The van der Waals surface area contributed by atoms with E-state index in [0.29, 0.717) is 19.5 Å². The van der Waals surface area contributed by atoms with Gasteiger partial charge >= 0.3 is 12.1 Å². The van der Waals surface area contributed by atoms with Crippen LogP contribution >= 0.6 is 0 Å². The van der Waals surface area contributed by atoms with Crippen molar-refractivity contribution in [2.24, 2.45) is 0 Å². The van der Waals surface area contributed by atoms with Crippen LogP contribution in [0.1, 0.15) is 12.0 Å². The topological polar surface area (TPSA) is 81.1 Å². The summed E-state index contributed by atoms with van der Waals surface area (Å²) in [5.41, 5.74) is 1.05. The molecule has 0 aromatic heterocycles. The quantitative estimate of drug-likeness (QED) is 0.863. The zero-order chi connectivity index (χ0) is 14.3. The lowest BCUT2D eigenvalue weighted by atomic mass is 10.1. The lowest BCUT2D eigenvalue weighted by Gasteiger charge is -2.37. The third-order valence-electron chi connectivity index (χ3n) is 4.22. The molecule has 2 saturated heterocycles. The van der Waals surface area contributed by atoms with Crippen LogP contribution < -0.4 is 0 Å². The average Bonchev–Trinajstić information content (AvgIpc) is 2.97. The van der Waals surface area contributed by atoms with Gasteiger partial charge in [0.25, 0.3) is 0 Å². The molecule has 0 spiro atoms. The molecule has 2 fully saturated rings. The van der Waals surface area contributed by atoms with Crippen molar-refractivity contribution in [3.8, 4) is 0 Å². The summed E-state index contributed by atoms with van der Waals surface area (Å²) in [4.78, 5) is 25.8. The van der Waals surface area contributed by atoms with Gasteiger partial charge in [0.15, 0.2) is 0 Å². The van der Waals surface area contributed by atoms with E-state index in [1.807, 2.05) is 35.2 Å². The fourth-order valence-electron chi connectivity index (χ4n) is 3.38. The molecule has 1 amide bonds. The predicted octanol–water partition coefficient (Wildman–Crippen LogP) is 1.08. The Kier molecular flexibility index (Phi) is 3.10. The third kappa shape index (κ3) is 2.02. The summed E-state index contributed by atoms with van der Waals surface area (Å²) >= 11 is 0. The Balaban J connectivity index is 1.82. The molecule has 1 aromatic rings. The van der Waals surface area contributed by atoms with Crippen molar-refractivity contribution in [3.05, 3.63) is 35.9 Å². The van der Waals surface area contributed by atoms with E-state index in [9.17, 15) is 14.7 Å². The van der Waals surface area contributed by atoms with Crippen LogP contribution in [0.15, 0.2) is 30.3 Å². The Hall–Kier alpha value is -2.08. The van der Waals surface area contributed by atoms with Crippen LogP contribution in [0.5, 0.6) is 0 Å². The van der Waals surface area contributed by atoms with Gasteiger partial charge in [-0.3, -0.25) is 9.69 Å². The van der Waals surface area contributed by atoms with Gasteiger partial charge < -0.3 is 15.1 Å². The highest BCUT2D eigenvalue weighted by molar-refractivity contribution is 5.77. The lowest BCUT2D eigenvalue weighted by Crippen LogP contribution is -2.57. The first-order valence-corrected chi connectivity index (χ1v) is 6.60. The minimum Gasteiger partial charge on any atom is -0.480 e. The number of rotatable bonds is 3. The summed E-state index contributed by atoms with van der Waals surface area (Å²) in [6.07, 6.45) is -0.418. The zero-order valence-corrected chi connectivity index (χ0v) is 10.8. The highest BCUT2D eigenvalue weighted by Gasteiger charge is 2.54. The average molecular weight is 276 g/mol. The largest absolute Gasteiger partial charge is 0.480 e. The number of likely N-dealkylation sites (tertiary alicyclic amines) is 2. The molecule has 2 heterocycles. The van der Waals surface area contributed by atoms with E-state index >= 15 is 0 Å². The van der Waals surface area contributed by atoms with Crippen molar-refractivity contribution in [3.63, 3.8) is 0 Å². The Labute approximate surface area is 116 Å². The SMILES string of the molecule is O=C(O)C1[C@@H]2CC(CN2C(=O)O)N1Cc1ccccc1. The Morgan fingerprint density at radius 3 is 2.50 bits per heavy atom. The number of hydrogen-bond acceptors (Lipinski definition) is 3. The highest BCUT2D eigenvalue weighted by Crippen LogP contribution is 2.37. The molecule has 0 radical (unpaired) electrons. The van der Waals surface area contributed by atoms with Crippen LogP contribution in [0.4, 0.5) is 4.79 Å². The fourth-order valence-corrected chi connectivity index (χ4v) is 3.38. The molecule has 6 heteroatoms. The van der Waals surface area contributed by atoms with E-state index in [-0.39, 0.29) is 6.04 Å². The molecule has 20 heavy (non-hydrogen) atoms. The van der Waals surface area contributed by atoms with E-state index in [4.69, 9.17) is 5.11 Å². The Morgan fingerprint density at radius 1 is 1.20 bits per heavy atom. The Morgan fingerprint density at radius 2 is 1.90 bits per heavy atom.